The highest BCUT2D eigenvalue weighted by atomic mass is 16.5. The fourth-order valence-corrected chi connectivity index (χ4v) is 1.44. The van der Waals surface area contributed by atoms with Gasteiger partial charge in [0.15, 0.2) is 0 Å². The first-order valence-corrected chi connectivity index (χ1v) is 5.30. The Morgan fingerprint density at radius 2 is 2.06 bits per heavy atom. The lowest BCUT2D eigenvalue weighted by Gasteiger charge is -2.24. The average molecular weight is 222 g/mol. The minimum absolute atomic E-state index is 0.0397. The van der Waals surface area contributed by atoms with Crippen LogP contribution in [0, 0.1) is 0 Å². The van der Waals surface area contributed by atoms with E-state index in [2.05, 4.69) is 5.32 Å². The van der Waals surface area contributed by atoms with Crippen molar-refractivity contribution in [2.75, 3.05) is 13.6 Å². The molecule has 0 saturated carbocycles. The zero-order chi connectivity index (χ0) is 12.0. The molecule has 4 heteroatoms. The smallest absolute Gasteiger partial charge is 0.320 e. The molecule has 0 spiro atoms. The molecule has 4 nitrogen and oxygen atoms in total. The lowest BCUT2D eigenvalue weighted by atomic mass is 10.0. The van der Waals surface area contributed by atoms with Crippen molar-refractivity contribution >= 4 is 5.97 Å². The van der Waals surface area contributed by atoms with Crippen LogP contribution in [0.25, 0.3) is 0 Å². The molecular formula is C12H18N2O2. The Kier molecular flexibility index (Phi) is 4.95. The van der Waals surface area contributed by atoms with Gasteiger partial charge in [0.1, 0.15) is 6.10 Å². The minimum atomic E-state index is -0.393. The number of esters is 1. The molecule has 0 aromatic heterocycles. The molecule has 2 unspecified atom stereocenters. The summed E-state index contributed by atoms with van der Waals surface area (Å²) in [7, 11) is 1.83. The monoisotopic (exact) mass is 222 g/mol. The number of benzene rings is 1. The normalized spacial score (nSPS) is 14.2. The topological polar surface area (TPSA) is 64.3 Å². The molecule has 2 atom stereocenters. The second-order valence-corrected chi connectivity index (χ2v) is 3.60. The molecule has 0 aliphatic heterocycles. The molecule has 0 heterocycles. The van der Waals surface area contributed by atoms with Crippen LogP contribution in [0.4, 0.5) is 0 Å². The first-order valence-electron chi connectivity index (χ1n) is 5.30. The molecule has 0 aliphatic carbocycles. The summed E-state index contributed by atoms with van der Waals surface area (Å²) in [5, 5.41) is 3.07. The van der Waals surface area contributed by atoms with E-state index in [0.717, 1.165) is 5.56 Å². The van der Waals surface area contributed by atoms with Crippen molar-refractivity contribution in [2.45, 2.75) is 19.1 Å². The van der Waals surface area contributed by atoms with E-state index in [-0.39, 0.29) is 18.7 Å². The lowest BCUT2D eigenvalue weighted by molar-refractivity contribution is -0.149. The van der Waals surface area contributed by atoms with E-state index < -0.39 is 5.97 Å². The van der Waals surface area contributed by atoms with Crippen LogP contribution in [0.3, 0.4) is 0 Å². The van der Waals surface area contributed by atoms with Crippen LogP contribution in [0.1, 0.15) is 18.6 Å². The number of rotatable bonds is 5. The quantitative estimate of drug-likeness (QED) is 0.724. The van der Waals surface area contributed by atoms with Crippen LogP contribution in [-0.2, 0) is 9.53 Å². The standard InChI is InChI=1S/C12H18N2O2/c1-9(14-2)12(16-11(15)8-13)10-6-4-3-5-7-10/h3-7,9,12,14H,8,13H2,1-2H3. The van der Waals surface area contributed by atoms with Crippen molar-refractivity contribution in [3.63, 3.8) is 0 Å². The number of ether oxygens (including phenoxy) is 1. The largest absolute Gasteiger partial charge is 0.455 e. The first-order chi connectivity index (χ1) is 7.69. The number of nitrogens with one attached hydrogen (secondary N) is 1. The van der Waals surface area contributed by atoms with Gasteiger partial charge in [-0.05, 0) is 19.5 Å². The molecule has 1 rings (SSSR count). The maximum Gasteiger partial charge on any atom is 0.320 e. The van der Waals surface area contributed by atoms with E-state index in [1.807, 2.05) is 44.3 Å². The molecule has 0 bridgehead atoms. The predicted octanol–water partition coefficient (Wildman–Crippen LogP) is 0.838. The van der Waals surface area contributed by atoms with E-state index in [9.17, 15) is 4.79 Å². The Hall–Kier alpha value is -1.39. The first kappa shape index (κ1) is 12.7. The van der Waals surface area contributed by atoms with Crippen LogP contribution in [0.2, 0.25) is 0 Å². The molecule has 16 heavy (non-hydrogen) atoms. The van der Waals surface area contributed by atoms with Crippen LogP contribution in [0.15, 0.2) is 30.3 Å². The van der Waals surface area contributed by atoms with Crippen molar-refractivity contribution in [1.29, 1.82) is 0 Å². The van der Waals surface area contributed by atoms with Gasteiger partial charge in [0, 0.05) is 6.04 Å². The SMILES string of the molecule is CNC(C)C(OC(=O)CN)c1ccccc1. The Bertz CT molecular complexity index is 327. The van der Waals surface area contributed by atoms with Gasteiger partial charge >= 0.3 is 5.97 Å². The molecule has 0 fully saturated rings. The summed E-state index contributed by atoms with van der Waals surface area (Å²) < 4.78 is 5.31. The molecular weight excluding hydrogens is 204 g/mol. The Morgan fingerprint density at radius 3 is 2.56 bits per heavy atom. The van der Waals surface area contributed by atoms with E-state index >= 15 is 0 Å². The van der Waals surface area contributed by atoms with E-state index in [1.165, 1.54) is 0 Å². The van der Waals surface area contributed by atoms with Crippen molar-refractivity contribution in [2.24, 2.45) is 5.73 Å². The number of hydrogen-bond acceptors (Lipinski definition) is 4. The second-order valence-electron chi connectivity index (χ2n) is 3.60. The van der Waals surface area contributed by atoms with Gasteiger partial charge in [0.25, 0.3) is 0 Å². The third-order valence-electron chi connectivity index (χ3n) is 2.46. The molecule has 0 radical (unpaired) electrons. The lowest BCUT2D eigenvalue weighted by Crippen LogP contribution is -2.33. The highest BCUT2D eigenvalue weighted by Gasteiger charge is 2.21. The highest BCUT2D eigenvalue weighted by Crippen LogP contribution is 2.20. The van der Waals surface area contributed by atoms with Crippen molar-refractivity contribution < 1.29 is 9.53 Å². The van der Waals surface area contributed by atoms with Gasteiger partial charge in [-0.3, -0.25) is 4.79 Å². The molecule has 0 saturated heterocycles. The maximum atomic E-state index is 11.2. The maximum absolute atomic E-state index is 11.2. The Balaban J connectivity index is 2.83. The third-order valence-corrected chi connectivity index (χ3v) is 2.46. The van der Waals surface area contributed by atoms with Gasteiger partial charge in [0.05, 0.1) is 6.54 Å². The van der Waals surface area contributed by atoms with E-state index in [4.69, 9.17) is 10.5 Å². The van der Waals surface area contributed by atoms with Gasteiger partial charge in [0.2, 0.25) is 0 Å². The van der Waals surface area contributed by atoms with Crippen LogP contribution < -0.4 is 11.1 Å². The predicted molar refractivity (Wildman–Crippen MR) is 62.9 cm³/mol. The fraction of sp³-hybridized carbons (Fsp3) is 0.417. The second kappa shape index (κ2) is 6.25. The summed E-state index contributed by atoms with van der Waals surface area (Å²) in [5.74, 6) is -0.393. The Morgan fingerprint density at radius 1 is 1.44 bits per heavy atom. The molecule has 88 valence electrons. The summed E-state index contributed by atoms with van der Waals surface area (Å²) in [6.07, 6.45) is -0.303. The summed E-state index contributed by atoms with van der Waals surface area (Å²) in [6.45, 7) is 1.86. The number of nitrogens with two attached hydrogens (primary N) is 1. The fourth-order valence-electron chi connectivity index (χ4n) is 1.44. The van der Waals surface area contributed by atoms with Crippen LogP contribution in [0.5, 0.6) is 0 Å². The number of carbonyl (C=O) groups is 1. The number of likely N-dealkylation sites (N-methyl/N-ethyl adjacent to an activating group) is 1. The molecule has 0 amide bonds. The Labute approximate surface area is 95.8 Å². The molecule has 0 aliphatic rings. The molecule has 1 aromatic carbocycles. The zero-order valence-corrected chi connectivity index (χ0v) is 9.64. The van der Waals surface area contributed by atoms with Crippen LogP contribution >= 0.6 is 0 Å². The summed E-state index contributed by atoms with van der Waals surface area (Å²) in [6, 6.07) is 9.67. The average Bonchev–Trinajstić information content (AvgIpc) is 2.35. The van der Waals surface area contributed by atoms with Crippen molar-refractivity contribution in [1.82, 2.24) is 5.32 Å². The third kappa shape index (κ3) is 3.32. The van der Waals surface area contributed by atoms with Crippen molar-refractivity contribution in [3.8, 4) is 0 Å². The van der Waals surface area contributed by atoms with E-state index in [1.54, 1.807) is 0 Å². The van der Waals surface area contributed by atoms with Gasteiger partial charge in [-0.2, -0.15) is 0 Å². The van der Waals surface area contributed by atoms with Crippen molar-refractivity contribution in [3.05, 3.63) is 35.9 Å². The van der Waals surface area contributed by atoms with Gasteiger partial charge < -0.3 is 15.8 Å². The summed E-state index contributed by atoms with van der Waals surface area (Å²) >= 11 is 0. The van der Waals surface area contributed by atoms with Gasteiger partial charge in [-0.25, -0.2) is 0 Å². The number of carbonyl (C=O) groups excluding carboxylic acids is 1. The highest BCUT2D eigenvalue weighted by molar-refractivity contribution is 5.71. The number of hydrogen-bond donors (Lipinski definition) is 2. The molecule has 3 N–H and O–H groups in total. The van der Waals surface area contributed by atoms with Gasteiger partial charge in [-0.15, -0.1) is 0 Å². The van der Waals surface area contributed by atoms with E-state index in [0.29, 0.717) is 0 Å². The minimum Gasteiger partial charge on any atom is -0.455 e. The summed E-state index contributed by atoms with van der Waals surface area (Å²) in [5.41, 5.74) is 6.21. The molecule has 1 aromatic rings. The van der Waals surface area contributed by atoms with Crippen LogP contribution in [-0.4, -0.2) is 25.6 Å². The van der Waals surface area contributed by atoms with Gasteiger partial charge in [-0.1, -0.05) is 30.3 Å². The zero-order valence-electron chi connectivity index (χ0n) is 9.64. The summed E-state index contributed by atoms with van der Waals surface area (Å²) in [4.78, 5) is 11.2.